The molecule has 4 heterocycles. The summed E-state index contributed by atoms with van der Waals surface area (Å²) >= 11 is 1.68. The summed E-state index contributed by atoms with van der Waals surface area (Å²) in [5.41, 5.74) is 4.43. The highest BCUT2D eigenvalue weighted by molar-refractivity contribution is 7.09. The van der Waals surface area contributed by atoms with Crippen LogP contribution in [0.3, 0.4) is 0 Å². The Bertz CT molecular complexity index is 1150. The molecule has 31 heavy (non-hydrogen) atoms. The second-order valence-corrected chi connectivity index (χ2v) is 8.66. The zero-order valence-electron chi connectivity index (χ0n) is 17.8. The lowest BCUT2D eigenvalue weighted by atomic mass is 10.1. The smallest absolute Gasteiger partial charge is 0.223 e. The predicted octanol–water partition coefficient (Wildman–Crippen LogP) is 4.27. The van der Waals surface area contributed by atoms with Crippen molar-refractivity contribution in [1.29, 1.82) is 0 Å². The lowest BCUT2D eigenvalue weighted by Crippen LogP contribution is -2.33. The molecule has 1 N–H and O–H groups in total. The van der Waals surface area contributed by atoms with Gasteiger partial charge in [-0.05, 0) is 43.8 Å². The monoisotopic (exact) mass is 435 g/mol. The first-order chi connectivity index (χ1) is 15.0. The van der Waals surface area contributed by atoms with Gasteiger partial charge in [0.25, 0.3) is 0 Å². The molecule has 1 atom stereocenters. The number of thiophene rings is 1. The van der Waals surface area contributed by atoms with Crippen LogP contribution in [-0.2, 0) is 17.8 Å². The lowest BCUT2D eigenvalue weighted by Gasteiger charge is -2.13. The Balaban J connectivity index is 1.49. The number of nitrogens with one attached hydrogen (secondary N) is 1. The summed E-state index contributed by atoms with van der Waals surface area (Å²) in [6.45, 7) is 6.81. The minimum Gasteiger partial charge on any atom is -0.356 e. The number of aromatic nitrogens is 4. The minimum absolute atomic E-state index is 0.0465. The van der Waals surface area contributed by atoms with E-state index in [1.807, 2.05) is 61.3 Å². The molecule has 0 spiro atoms. The molecule has 4 aromatic heterocycles. The Hall–Kier alpha value is -3.26. The van der Waals surface area contributed by atoms with Crippen LogP contribution in [0.15, 0.2) is 52.6 Å². The van der Waals surface area contributed by atoms with E-state index in [1.165, 1.54) is 4.88 Å². The maximum absolute atomic E-state index is 12.5. The number of carbonyl (C=O) groups is 1. The number of rotatable bonds is 8. The maximum atomic E-state index is 12.5. The molecule has 160 valence electrons. The molecule has 0 aliphatic rings. The topological polar surface area (TPSA) is 85.8 Å². The van der Waals surface area contributed by atoms with Crippen LogP contribution in [0.2, 0.25) is 0 Å². The number of carbonyl (C=O) groups excluding carboxylic acids is 1. The summed E-state index contributed by atoms with van der Waals surface area (Å²) < 4.78 is 7.36. The van der Waals surface area contributed by atoms with Crippen molar-refractivity contribution < 1.29 is 9.32 Å². The van der Waals surface area contributed by atoms with Crippen molar-refractivity contribution in [2.75, 3.05) is 6.54 Å². The molecule has 8 heteroatoms. The molecule has 0 aromatic carbocycles. The normalized spacial score (nSPS) is 12.1. The van der Waals surface area contributed by atoms with E-state index in [4.69, 9.17) is 4.52 Å². The van der Waals surface area contributed by atoms with Crippen LogP contribution in [0.4, 0.5) is 0 Å². The fraction of sp³-hybridized carbons (Fsp3) is 0.304. The zero-order valence-corrected chi connectivity index (χ0v) is 18.6. The summed E-state index contributed by atoms with van der Waals surface area (Å²) in [7, 11) is 0. The molecule has 0 unspecified atom stereocenters. The fourth-order valence-electron chi connectivity index (χ4n) is 3.42. The van der Waals surface area contributed by atoms with Crippen LogP contribution < -0.4 is 5.32 Å². The summed E-state index contributed by atoms with van der Waals surface area (Å²) in [5.74, 6) is 0.628. The van der Waals surface area contributed by atoms with Gasteiger partial charge >= 0.3 is 0 Å². The van der Waals surface area contributed by atoms with Gasteiger partial charge in [0.2, 0.25) is 5.91 Å². The average molecular weight is 436 g/mol. The highest BCUT2D eigenvalue weighted by Crippen LogP contribution is 2.32. The zero-order chi connectivity index (χ0) is 21.8. The van der Waals surface area contributed by atoms with E-state index in [0.717, 1.165) is 34.6 Å². The van der Waals surface area contributed by atoms with Gasteiger partial charge in [-0.15, -0.1) is 11.3 Å². The summed E-state index contributed by atoms with van der Waals surface area (Å²) in [5, 5.41) is 13.6. The van der Waals surface area contributed by atoms with Gasteiger partial charge in [0.1, 0.15) is 0 Å². The van der Waals surface area contributed by atoms with E-state index in [-0.39, 0.29) is 11.8 Å². The Morgan fingerprint density at radius 3 is 2.77 bits per heavy atom. The molecular weight excluding hydrogens is 410 g/mol. The van der Waals surface area contributed by atoms with E-state index >= 15 is 0 Å². The van der Waals surface area contributed by atoms with E-state index in [9.17, 15) is 4.79 Å². The van der Waals surface area contributed by atoms with Gasteiger partial charge < -0.3 is 9.84 Å². The van der Waals surface area contributed by atoms with Crippen molar-refractivity contribution in [1.82, 2.24) is 25.2 Å². The van der Waals surface area contributed by atoms with E-state index in [2.05, 4.69) is 26.6 Å². The van der Waals surface area contributed by atoms with Crippen molar-refractivity contribution in [3.05, 3.63) is 64.4 Å². The predicted molar refractivity (Wildman–Crippen MR) is 121 cm³/mol. The molecule has 0 aliphatic heterocycles. The van der Waals surface area contributed by atoms with Crippen molar-refractivity contribution in [3.8, 4) is 22.6 Å². The van der Waals surface area contributed by atoms with E-state index in [0.29, 0.717) is 18.8 Å². The second-order valence-electron chi connectivity index (χ2n) is 7.63. The van der Waals surface area contributed by atoms with Crippen LogP contribution >= 0.6 is 11.3 Å². The first-order valence-corrected chi connectivity index (χ1v) is 11.1. The van der Waals surface area contributed by atoms with Crippen LogP contribution in [-0.4, -0.2) is 32.4 Å². The van der Waals surface area contributed by atoms with Gasteiger partial charge in [0.05, 0.1) is 29.7 Å². The maximum Gasteiger partial charge on any atom is 0.223 e. The molecular formula is C23H25N5O2S. The number of aryl methyl sites for hydroxylation is 2. The Labute approximate surface area is 185 Å². The van der Waals surface area contributed by atoms with Crippen molar-refractivity contribution >= 4 is 17.2 Å². The molecule has 4 aromatic rings. The minimum atomic E-state index is -0.0789. The quantitative estimate of drug-likeness (QED) is 0.447. The average Bonchev–Trinajstić information content (AvgIpc) is 3.50. The number of hydrogen-bond acceptors (Lipinski definition) is 6. The van der Waals surface area contributed by atoms with Crippen LogP contribution in [0.1, 0.15) is 23.2 Å². The molecule has 0 bridgehead atoms. The third kappa shape index (κ3) is 4.91. The third-order valence-corrected chi connectivity index (χ3v) is 5.97. The van der Waals surface area contributed by atoms with Gasteiger partial charge in [-0.3, -0.25) is 14.5 Å². The van der Waals surface area contributed by atoms with E-state index in [1.54, 1.807) is 17.5 Å². The van der Waals surface area contributed by atoms with Crippen LogP contribution in [0.5, 0.6) is 0 Å². The van der Waals surface area contributed by atoms with Crippen molar-refractivity contribution in [2.24, 2.45) is 5.92 Å². The second kappa shape index (κ2) is 9.26. The fourth-order valence-corrected chi connectivity index (χ4v) is 4.26. The highest BCUT2D eigenvalue weighted by Gasteiger charge is 2.19. The summed E-state index contributed by atoms with van der Waals surface area (Å²) in [6, 6.07) is 9.95. The van der Waals surface area contributed by atoms with Gasteiger partial charge in [0, 0.05) is 40.9 Å². The van der Waals surface area contributed by atoms with Gasteiger partial charge in [-0.1, -0.05) is 18.1 Å². The summed E-state index contributed by atoms with van der Waals surface area (Å²) in [6.07, 6.45) is 4.36. The number of pyridine rings is 1. The molecule has 0 saturated heterocycles. The largest absolute Gasteiger partial charge is 0.356 e. The summed E-state index contributed by atoms with van der Waals surface area (Å²) in [4.78, 5) is 18.2. The molecule has 4 rings (SSSR count). The van der Waals surface area contributed by atoms with Gasteiger partial charge in [-0.2, -0.15) is 5.10 Å². The van der Waals surface area contributed by atoms with Crippen LogP contribution in [0, 0.1) is 19.8 Å². The van der Waals surface area contributed by atoms with E-state index < -0.39 is 0 Å². The highest BCUT2D eigenvalue weighted by atomic mass is 32.1. The first-order valence-electron chi connectivity index (χ1n) is 10.2. The first kappa shape index (κ1) is 21.0. The Kier molecular flexibility index (Phi) is 6.27. The molecule has 0 saturated carbocycles. The number of nitrogens with zero attached hydrogens (tertiary/aromatic N) is 4. The molecule has 0 aliphatic carbocycles. The molecule has 0 fully saturated rings. The third-order valence-electron chi connectivity index (χ3n) is 5.08. The lowest BCUT2D eigenvalue weighted by molar-refractivity contribution is -0.124. The standard InChI is InChI=1S/C23H25N5O2S/c1-15(11-19-5-4-10-31-19)23(29)24-8-9-28-22(18-7-6-16(2)25-13-18)20(14-26-28)21-12-17(3)27-30-21/h4-7,10,12-15H,8-9,11H2,1-3H3,(H,24,29)/t15-/m1/s1. The van der Waals surface area contributed by atoms with Gasteiger partial charge in [-0.25, -0.2) is 0 Å². The van der Waals surface area contributed by atoms with Crippen LogP contribution in [0.25, 0.3) is 22.6 Å². The van der Waals surface area contributed by atoms with Gasteiger partial charge in [0.15, 0.2) is 5.76 Å². The SMILES string of the molecule is Cc1ccc(-c2c(-c3cc(C)no3)cnn2CCNC(=O)[C@H](C)Cc2cccs2)cn1. The van der Waals surface area contributed by atoms with Crippen molar-refractivity contribution in [3.63, 3.8) is 0 Å². The van der Waals surface area contributed by atoms with Crippen molar-refractivity contribution in [2.45, 2.75) is 33.7 Å². The molecule has 7 nitrogen and oxygen atoms in total. The molecule has 1 amide bonds. The Morgan fingerprint density at radius 2 is 2.10 bits per heavy atom. The molecule has 0 radical (unpaired) electrons. The Morgan fingerprint density at radius 1 is 1.23 bits per heavy atom. The number of amides is 1. The number of hydrogen-bond donors (Lipinski definition) is 1.